The Labute approximate surface area is 74.5 Å². The number of allylic oxidation sites excluding steroid dienone is 1. The highest BCUT2D eigenvalue weighted by atomic mass is 32.1. The average Bonchev–Trinajstić information content (AvgIpc) is 2.02. The lowest BCUT2D eigenvalue weighted by Crippen LogP contribution is -2.07. The van der Waals surface area contributed by atoms with E-state index in [9.17, 15) is 0 Å². The van der Waals surface area contributed by atoms with Crippen LogP contribution in [0.3, 0.4) is 0 Å². The Balaban J connectivity index is 4.04. The standard InChI is InChI=1S/C9H15NS/c1-7(4-5-10)9(3)8(2)6-11/h6-7,9,11H,4H2,1-3H3/b8-6+/t7-,9?/m0/s1. The van der Waals surface area contributed by atoms with Crippen molar-refractivity contribution >= 4 is 12.6 Å². The molecular weight excluding hydrogens is 154 g/mol. The zero-order chi connectivity index (χ0) is 8.85. The molecule has 0 radical (unpaired) electrons. The van der Waals surface area contributed by atoms with Gasteiger partial charge in [0.2, 0.25) is 0 Å². The molecule has 0 heterocycles. The second-order valence-corrected chi connectivity index (χ2v) is 3.26. The van der Waals surface area contributed by atoms with E-state index in [1.54, 1.807) is 0 Å². The zero-order valence-corrected chi connectivity index (χ0v) is 8.23. The summed E-state index contributed by atoms with van der Waals surface area (Å²) in [6, 6.07) is 2.18. The van der Waals surface area contributed by atoms with Gasteiger partial charge in [0.25, 0.3) is 0 Å². The van der Waals surface area contributed by atoms with Crippen LogP contribution in [0.5, 0.6) is 0 Å². The van der Waals surface area contributed by atoms with Crippen LogP contribution in [0.15, 0.2) is 11.0 Å². The van der Waals surface area contributed by atoms with Gasteiger partial charge in [0.1, 0.15) is 0 Å². The van der Waals surface area contributed by atoms with Gasteiger partial charge in [0.05, 0.1) is 6.07 Å². The second-order valence-electron chi connectivity index (χ2n) is 3.00. The third-order valence-electron chi connectivity index (χ3n) is 2.19. The van der Waals surface area contributed by atoms with Crippen molar-refractivity contribution in [3.63, 3.8) is 0 Å². The van der Waals surface area contributed by atoms with Crippen molar-refractivity contribution in [3.8, 4) is 6.07 Å². The van der Waals surface area contributed by atoms with E-state index in [-0.39, 0.29) is 0 Å². The van der Waals surface area contributed by atoms with Gasteiger partial charge in [-0.3, -0.25) is 0 Å². The van der Waals surface area contributed by atoms with Crippen molar-refractivity contribution in [1.82, 2.24) is 0 Å². The molecule has 0 fully saturated rings. The molecular formula is C9H15NS. The molecule has 1 unspecified atom stereocenters. The molecule has 1 nitrogen and oxygen atoms in total. The van der Waals surface area contributed by atoms with Crippen LogP contribution in [0.4, 0.5) is 0 Å². The second kappa shape index (κ2) is 5.26. The van der Waals surface area contributed by atoms with Crippen molar-refractivity contribution in [2.45, 2.75) is 27.2 Å². The highest BCUT2D eigenvalue weighted by Gasteiger charge is 2.12. The van der Waals surface area contributed by atoms with Gasteiger partial charge in [-0.25, -0.2) is 0 Å². The van der Waals surface area contributed by atoms with E-state index in [1.807, 2.05) is 12.3 Å². The maximum atomic E-state index is 8.45. The Morgan fingerprint density at radius 2 is 2.18 bits per heavy atom. The van der Waals surface area contributed by atoms with E-state index in [0.29, 0.717) is 18.3 Å². The fraction of sp³-hybridized carbons (Fsp3) is 0.667. The molecule has 2 atom stereocenters. The lowest BCUT2D eigenvalue weighted by molar-refractivity contribution is 0.449. The van der Waals surface area contributed by atoms with Crippen LogP contribution in [-0.4, -0.2) is 0 Å². The Kier molecular flexibility index (Phi) is 5.06. The molecule has 0 aliphatic rings. The predicted octanol–water partition coefficient (Wildman–Crippen LogP) is 3.01. The molecule has 0 aromatic rings. The van der Waals surface area contributed by atoms with E-state index < -0.39 is 0 Å². The van der Waals surface area contributed by atoms with Gasteiger partial charge in [0, 0.05) is 6.42 Å². The number of nitriles is 1. The molecule has 0 aromatic carbocycles. The van der Waals surface area contributed by atoms with Crippen LogP contribution in [0.25, 0.3) is 0 Å². The van der Waals surface area contributed by atoms with E-state index in [1.165, 1.54) is 5.57 Å². The summed E-state index contributed by atoms with van der Waals surface area (Å²) < 4.78 is 0. The van der Waals surface area contributed by atoms with E-state index in [4.69, 9.17) is 5.26 Å². The highest BCUT2D eigenvalue weighted by Crippen LogP contribution is 2.22. The summed E-state index contributed by atoms with van der Waals surface area (Å²) in [4.78, 5) is 0. The lowest BCUT2D eigenvalue weighted by atomic mass is 9.88. The van der Waals surface area contributed by atoms with Gasteiger partial charge in [-0.2, -0.15) is 17.9 Å². The monoisotopic (exact) mass is 169 g/mol. The summed E-state index contributed by atoms with van der Waals surface area (Å²) in [5.74, 6) is 0.899. The van der Waals surface area contributed by atoms with Crippen LogP contribution in [-0.2, 0) is 0 Å². The minimum Gasteiger partial charge on any atom is -0.198 e. The van der Waals surface area contributed by atoms with E-state index >= 15 is 0 Å². The van der Waals surface area contributed by atoms with Crippen LogP contribution >= 0.6 is 12.6 Å². The summed E-state index contributed by atoms with van der Waals surface area (Å²) in [5.41, 5.74) is 1.25. The first-order valence-corrected chi connectivity index (χ1v) is 4.33. The Hall–Kier alpha value is -0.420. The fourth-order valence-electron chi connectivity index (χ4n) is 0.887. The first kappa shape index (κ1) is 10.6. The molecule has 0 spiro atoms. The average molecular weight is 169 g/mol. The summed E-state index contributed by atoms with van der Waals surface area (Å²) >= 11 is 4.07. The molecule has 11 heavy (non-hydrogen) atoms. The number of hydrogen-bond donors (Lipinski definition) is 1. The molecule has 62 valence electrons. The third-order valence-corrected chi connectivity index (χ3v) is 2.60. The van der Waals surface area contributed by atoms with Crippen molar-refractivity contribution in [2.24, 2.45) is 11.8 Å². The van der Waals surface area contributed by atoms with E-state index in [2.05, 4.69) is 32.5 Å². The quantitative estimate of drug-likeness (QED) is 0.645. The molecule has 0 amide bonds. The Morgan fingerprint density at radius 3 is 2.55 bits per heavy atom. The van der Waals surface area contributed by atoms with E-state index in [0.717, 1.165) is 0 Å². The maximum absolute atomic E-state index is 8.45. The van der Waals surface area contributed by atoms with Crippen LogP contribution in [0.2, 0.25) is 0 Å². The first-order valence-electron chi connectivity index (χ1n) is 3.81. The van der Waals surface area contributed by atoms with Gasteiger partial charge in [-0.05, 0) is 24.2 Å². The normalized spacial score (nSPS) is 17.2. The highest BCUT2D eigenvalue weighted by molar-refractivity contribution is 7.83. The summed E-state index contributed by atoms with van der Waals surface area (Å²) in [6.07, 6.45) is 0.625. The molecule has 2 heteroatoms. The molecule has 0 rings (SSSR count). The lowest BCUT2D eigenvalue weighted by Gasteiger charge is -2.17. The van der Waals surface area contributed by atoms with Crippen molar-refractivity contribution < 1.29 is 0 Å². The summed E-state index contributed by atoms with van der Waals surface area (Å²) in [5, 5.41) is 10.3. The first-order chi connectivity index (χ1) is 5.13. The number of hydrogen-bond acceptors (Lipinski definition) is 2. The molecule has 0 N–H and O–H groups in total. The van der Waals surface area contributed by atoms with Gasteiger partial charge < -0.3 is 0 Å². The van der Waals surface area contributed by atoms with Crippen LogP contribution < -0.4 is 0 Å². The number of thiol groups is 1. The van der Waals surface area contributed by atoms with Gasteiger partial charge in [0.15, 0.2) is 0 Å². The minimum absolute atomic E-state index is 0.434. The molecule has 0 saturated heterocycles. The molecule has 0 aliphatic carbocycles. The van der Waals surface area contributed by atoms with Gasteiger partial charge >= 0.3 is 0 Å². The predicted molar refractivity (Wildman–Crippen MR) is 51.3 cm³/mol. The molecule has 0 saturated carbocycles. The van der Waals surface area contributed by atoms with Crippen molar-refractivity contribution in [3.05, 3.63) is 11.0 Å². The van der Waals surface area contributed by atoms with Gasteiger partial charge in [-0.15, -0.1) is 0 Å². The third kappa shape index (κ3) is 3.48. The maximum Gasteiger partial charge on any atom is 0.0624 e. The van der Waals surface area contributed by atoms with Crippen LogP contribution in [0, 0.1) is 23.2 Å². The number of rotatable bonds is 3. The largest absolute Gasteiger partial charge is 0.198 e. The zero-order valence-electron chi connectivity index (χ0n) is 7.33. The Morgan fingerprint density at radius 1 is 1.64 bits per heavy atom. The molecule has 0 aliphatic heterocycles. The molecule has 0 bridgehead atoms. The van der Waals surface area contributed by atoms with Gasteiger partial charge in [-0.1, -0.05) is 19.4 Å². The smallest absolute Gasteiger partial charge is 0.0624 e. The Bertz CT molecular complexity index is 178. The van der Waals surface area contributed by atoms with Crippen LogP contribution in [0.1, 0.15) is 27.2 Å². The summed E-state index contributed by atoms with van der Waals surface area (Å²) in [6.45, 7) is 6.27. The minimum atomic E-state index is 0.434. The molecule has 0 aromatic heterocycles. The summed E-state index contributed by atoms with van der Waals surface area (Å²) in [7, 11) is 0. The van der Waals surface area contributed by atoms with Crippen molar-refractivity contribution in [1.29, 1.82) is 5.26 Å². The van der Waals surface area contributed by atoms with Crippen molar-refractivity contribution in [2.75, 3.05) is 0 Å². The number of nitrogens with zero attached hydrogens (tertiary/aromatic N) is 1. The SMILES string of the molecule is C/C(=C\S)C(C)[C@@H](C)CC#N. The fourth-order valence-corrected chi connectivity index (χ4v) is 1.12. The topological polar surface area (TPSA) is 23.8 Å².